The van der Waals surface area contributed by atoms with E-state index < -0.39 is 0 Å². The fourth-order valence-corrected chi connectivity index (χ4v) is 2.76. The molecular weight excluding hydrogens is 344 g/mol. The van der Waals surface area contributed by atoms with Crippen LogP contribution >= 0.6 is 11.6 Å². The summed E-state index contributed by atoms with van der Waals surface area (Å²) in [5.41, 5.74) is 0.168. The summed E-state index contributed by atoms with van der Waals surface area (Å²) >= 11 is 5.78. The van der Waals surface area contributed by atoms with Crippen molar-refractivity contribution in [2.45, 2.75) is 6.10 Å². The Morgan fingerprint density at radius 3 is 2.80 bits per heavy atom. The zero-order valence-electron chi connectivity index (χ0n) is 13.0. The molecule has 0 unspecified atom stereocenters. The van der Waals surface area contributed by atoms with E-state index in [0.717, 1.165) is 0 Å². The molecule has 0 saturated carbocycles. The van der Waals surface area contributed by atoms with Gasteiger partial charge in [0.05, 0.1) is 23.5 Å². The lowest BCUT2D eigenvalue weighted by molar-refractivity contribution is 0.0138. The van der Waals surface area contributed by atoms with Crippen LogP contribution in [0.25, 0.3) is 11.0 Å². The van der Waals surface area contributed by atoms with Crippen LogP contribution in [0, 0.1) is 0 Å². The van der Waals surface area contributed by atoms with Crippen molar-refractivity contribution in [3.05, 3.63) is 69.7 Å². The highest BCUT2D eigenvalue weighted by molar-refractivity contribution is 6.30. The van der Waals surface area contributed by atoms with Gasteiger partial charge in [-0.3, -0.25) is 9.59 Å². The van der Waals surface area contributed by atoms with Crippen LogP contribution in [0.2, 0.25) is 5.02 Å². The first-order valence-corrected chi connectivity index (χ1v) is 8.08. The van der Waals surface area contributed by atoms with E-state index in [9.17, 15) is 9.59 Å². The Balaban J connectivity index is 1.45. The molecular formula is C18H13ClN2O4. The molecule has 25 heavy (non-hydrogen) atoms. The van der Waals surface area contributed by atoms with Gasteiger partial charge in [0.15, 0.2) is 11.2 Å². The van der Waals surface area contributed by atoms with E-state index in [2.05, 4.69) is 4.98 Å². The van der Waals surface area contributed by atoms with Gasteiger partial charge in [-0.25, -0.2) is 4.98 Å². The van der Waals surface area contributed by atoms with Crippen LogP contribution in [-0.2, 0) is 0 Å². The topological polar surface area (TPSA) is 72.6 Å². The van der Waals surface area contributed by atoms with Crippen LogP contribution in [-0.4, -0.2) is 35.0 Å². The molecule has 0 bridgehead atoms. The van der Waals surface area contributed by atoms with Crippen LogP contribution in [0.5, 0.6) is 5.88 Å². The molecule has 0 atom stereocenters. The number of benzene rings is 1. The van der Waals surface area contributed by atoms with Crippen LogP contribution in [0.3, 0.4) is 0 Å². The third-order valence-corrected chi connectivity index (χ3v) is 4.19. The largest absolute Gasteiger partial charge is 0.471 e. The number of rotatable bonds is 3. The summed E-state index contributed by atoms with van der Waals surface area (Å²) in [6.07, 6.45) is 1.35. The van der Waals surface area contributed by atoms with E-state index in [0.29, 0.717) is 35.0 Å². The van der Waals surface area contributed by atoms with E-state index in [1.165, 1.54) is 12.3 Å². The Kier molecular flexibility index (Phi) is 3.89. The van der Waals surface area contributed by atoms with Gasteiger partial charge in [-0.1, -0.05) is 23.7 Å². The van der Waals surface area contributed by atoms with Gasteiger partial charge in [-0.15, -0.1) is 0 Å². The van der Waals surface area contributed by atoms with Crippen LogP contribution in [0.4, 0.5) is 0 Å². The molecule has 6 nitrogen and oxygen atoms in total. The third kappa shape index (κ3) is 3.08. The molecule has 0 spiro atoms. The minimum atomic E-state index is -0.327. The second-order valence-corrected chi connectivity index (χ2v) is 6.17. The molecule has 3 heterocycles. The van der Waals surface area contributed by atoms with E-state index in [1.807, 2.05) is 0 Å². The first-order chi connectivity index (χ1) is 12.1. The molecule has 1 aliphatic heterocycles. The molecule has 7 heteroatoms. The Morgan fingerprint density at radius 2 is 2.04 bits per heavy atom. The molecule has 1 amide bonds. The van der Waals surface area contributed by atoms with Crippen molar-refractivity contribution in [1.82, 2.24) is 9.88 Å². The molecule has 1 aliphatic rings. The number of hydrogen-bond acceptors (Lipinski definition) is 5. The van der Waals surface area contributed by atoms with E-state index >= 15 is 0 Å². The monoisotopic (exact) mass is 356 g/mol. The second-order valence-electron chi connectivity index (χ2n) is 5.74. The number of nitrogens with zero attached hydrogens (tertiary/aromatic N) is 2. The number of fused-ring (bicyclic) bond motifs is 1. The zero-order chi connectivity index (χ0) is 17.4. The van der Waals surface area contributed by atoms with Gasteiger partial charge in [0.1, 0.15) is 11.7 Å². The van der Waals surface area contributed by atoms with E-state index in [4.69, 9.17) is 20.8 Å². The molecule has 126 valence electrons. The van der Waals surface area contributed by atoms with Crippen molar-refractivity contribution < 1.29 is 13.9 Å². The molecule has 4 rings (SSSR count). The van der Waals surface area contributed by atoms with Gasteiger partial charge in [0.2, 0.25) is 5.88 Å². The van der Waals surface area contributed by atoms with Crippen molar-refractivity contribution in [3.8, 4) is 5.88 Å². The van der Waals surface area contributed by atoms with Crippen molar-refractivity contribution >= 4 is 28.5 Å². The van der Waals surface area contributed by atoms with Gasteiger partial charge in [0.25, 0.3) is 5.91 Å². The van der Waals surface area contributed by atoms with Crippen molar-refractivity contribution in [1.29, 1.82) is 0 Å². The van der Waals surface area contributed by atoms with E-state index in [-0.39, 0.29) is 23.2 Å². The summed E-state index contributed by atoms with van der Waals surface area (Å²) < 4.78 is 11.2. The average molecular weight is 357 g/mol. The maximum absolute atomic E-state index is 12.5. The number of aromatic nitrogens is 1. The Hall–Kier alpha value is -2.86. The number of carbonyl (C=O) groups is 1. The first kappa shape index (κ1) is 15.7. The number of likely N-dealkylation sites (tertiary alicyclic amines) is 1. The molecule has 1 aromatic carbocycles. The lowest BCUT2D eigenvalue weighted by atomic mass is 10.1. The highest BCUT2D eigenvalue weighted by Crippen LogP contribution is 2.20. The fraction of sp³-hybridized carbons (Fsp3) is 0.167. The quantitative estimate of drug-likeness (QED) is 0.721. The summed E-state index contributed by atoms with van der Waals surface area (Å²) in [6, 6.07) is 11.4. The summed E-state index contributed by atoms with van der Waals surface area (Å²) in [7, 11) is 0. The predicted molar refractivity (Wildman–Crippen MR) is 92.1 cm³/mol. The lowest BCUT2D eigenvalue weighted by Gasteiger charge is -2.38. The summed E-state index contributed by atoms with van der Waals surface area (Å²) in [5.74, 6) is 0.164. The Labute approximate surface area is 147 Å². The summed E-state index contributed by atoms with van der Waals surface area (Å²) in [6.45, 7) is 0.805. The number of carbonyl (C=O) groups excluding carboxylic acids is 1. The zero-order valence-corrected chi connectivity index (χ0v) is 13.8. The van der Waals surface area contributed by atoms with Gasteiger partial charge in [-0.05, 0) is 18.2 Å². The fourth-order valence-electron chi connectivity index (χ4n) is 2.65. The average Bonchev–Trinajstić information content (AvgIpc) is 2.59. The second kappa shape index (κ2) is 6.22. The van der Waals surface area contributed by atoms with Crippen LogP contribution in [0.1, 0.15) is 10.6 Å². The molecule has 3 aromatic rings. The summed E-state index contributed by atoms with van der Waals surface area (Å²) in [5, 5.41) is 0.988. The first-order valence-electron chi connectivity index (χ1n) is 7.70. The third-order valence-electron chi connectivity index (χ3n) is 3.97. The number of amides is 1. The Bertz CT molecular complexity index is 994. The number of hydrogen-bond donors (Lipinski definition) is 0. The SMILES string of the molecule is O=C(c1cc(=O)c2ccccc2o1)N1CC(Oc2ccc(Cl)cn2)C1. The number of pyridine rings is 1. The summed E-state index contributed by atoms with van der Waals surface area (Å²) in [4.78, 5) is 30.2. The van der Waals surface area contributed by atoms with Crippen LogP contribution < -0.4 is 10.2 Å². The minimum Gasteiger partial charge on any atom is -0.471 e. The molecule has 0 radical (unpaired) electrons. The van der Waals surface area contributed by atoms with Gasteiger partial charge in [-0.2, -0.15) is 0 Å². The maximum Gasteiger partial charge on any atom is 0.289 e. The minimum absolute atomic E-state index is 0.0340. The van der Waals surface area contributed by atoms with Crippen molar-refractivity contribution in [2.24, 2.45) is 0 Å². The van der Waals surface area contributed by atoms with Gasteiger partial charge in [0, 0.05) is 18.3 Å². The van der Waals surface area contributed by atoms with Crippen molar-refractivity contribution in [2.75, 3.05) is 13.1 Å². The molecule has 1 saturated heterocycles. The number of halogens is 1. The molecule has 0 N–H and O–H groups in total. The number of ether oxygens (including phenoxy) is 1. The maximum atomic E-state index is 12.5. The molecule has 2 aromatic heterocycles. The molecule has 0 aliphatic carbocycles. The molecule has 1 fully saturated rings. The standard InChI is InChI=1S/C18H13ClN2O4/c19-11-5-6-17(20-8-11)24-12-9-21(10-12)18(23)16-7-14(22)13-3-1-2-4-15(13)25-16/h1-8,12H,9-10H2. The highest BCUT2D eigenvalue weighted by atomic mass is 35.5. The predicted octanol–water partition coefficient (Wildman–Crippen LogP) is 2.74. The van der Waals surface area contributed by atoms with Crippen molar-refractivity contribution in [3.63, 3.8) is 0 Å². The van der Waals surface area contributed by atoms with Gasteiger partial charge >= 0.3 is 0 Å². The van der Waals surface area contributed by atoms with Crippen LogP contribution in [0.15, 0.2) is 57.9 Å². The highest BCUT2D eigenvalue weighted by Gasteiger charge is 2.34. The smallest absolute Gasteiger partial charge is 0.289 e. The van der Waals surface area contributed by atoms with E-state index in [1.54, 1.807) is 41.3 Å². The lowest BCUT2D eigenvalue weighted by Crippen LogP contribution is -2.56. The number of para-hydroxylation sites is 1. The normalized spacial score (nSPS) is 14.4. The van der Waals surface area contributed by atoms with Gasteiger partial charge < -0.3 is 14.1 Å². The Morgan fingerprint density at radius 1 is 1.24 bits per heavy atom.